The van der Waals surface area contributed by atoms with E-state index in [9.17, 15) is 17.2 Å². The molecule has 0 aliphatic carbocycles. The number of hydrogen-bond donors (Lipinski definition) is 1. The van der Waals surface area contributed by atoms with Gasteiger partial charge in [-0.25, -0.2) is 21.9 Å². The summed E-state index contributed by atoms with van der Waals surface area (Å²) < 4.78 is 49.9. The molecule has 1 aromatic carbocycles. The van der Waals surface area contributed by atoms with Crippen molar-refractivity contribution >= 4 is 10.0 Å². The van der Waals surface area contributed by atoms with Gasteiger partial charge in [-0.1, -0.05) is 0 Å². The van der Waals surface area contributed by atoms with Gasteiger partial charge in [0.05, 0.1) is 6.26 Å². The Labute approximate surface area is 87.2 Å². The first-order valence-corrected chi connectivity index (χ1v) is 6.11. The highest BCUT2D eigenvalue weighted by Crippen LogP contribution is 2.18. The summed E-state index contributed by atoms with van der Waals surface area (Å²) in [6.45, 7) is 1.44. The molecule has 0 unspecified atom stereocenters. The quantitative estimate of drug-likeness (QED) is 0.864. The highest BCUT2D eigenvalue weighted by atomic mass is 32.2. The molecular formula is C9H11F2NO2S. The molecule has 0 amide bonds. The van der Waals surface area contributed by atoms with Gasteiger partial charge in [0.1, 0.15) is 11.6 Å². The molecule has 1 atom stereocenters. The predicted octanol–water partition coefficient (Wildman–Crippen LogP) is 1.57. The lowest BCUT2D eigenvalue weighted by atomic mass is 10.1. The first-order valence-electron chi connectivity index (χ1n) is 4.22. The summed E-state index contributed by atoms with van der Waals surface area (Å²) in [5.74, 6) is -1.24. The van der Waals surface area contributed by atoms with E-state index in [1.54, 1.807) is 0 Å². The Morgan fingerprint density at radius 3 is 2.47 bits per heavy atom. The Morgan fingerprint density at radius 2 is 1.93 bits per heavy atom. The van der Waals surface area contributed by atoms with Crippen molar-refractivity contribution in [3.8, 4) is 0 Å². The van der Waals surface area contributed by atoms with Gasteiger partial charge < -0.3 is 0 Å². The third-order valence-corrected chi connectivity index (χ3v) is 2.60. The Hall–Kier alpha value is -1.01. The average molecular weight is 235 g/mol. The number of rotatable bonds is 3. The summed E-state index contributed by atoms with van der Waals surface area (Å²) in [4.78, 5) is 0. The smallest absolute Gasteiger partial charge is 0.209 e. The second kappa shape index (κ2) is 4.24. The second-order valence-electron chi connectivity index (χ2n) is 3.28. The maximum atomic E-state index is 13.2. The van der Waals surface area contributed by atoms with E-state index in [1.807, 2.05) is 0 Å². The zero-order chi connectivity index (χ0) is 11.6. The van der Waals surface area contributed by atoms with Crippen LogP contribution in [-0.4, -0.2) is 14.7 Å². The first-order chi connectivity index (χ1) is 6.79. The fourth-order valence-electron chi connectivity index (χ4n) is 1.23. The molecule has 1 N–H and O–H groups in total. The molecule has 0 spiro atoms. The number of halogens is 2. The molecule has 1 aromatic rings. The zero-order valence-corrected chi connectivity index (χ0v) is 9.11. The minimum atomic E-state index is -3.44. The van der Waals surface area contributed by atoms with Crippen LogP contribution < -0.4 is 4.72 Å². The van der Waals surface area contributed by atoms with Gasteiger partial charge in [-0.3, -0.25) is 0 Å². The largest absolute Gasteiger partial charge is 0.213 e. The van der Waals surface area contributed by atoms with Crippen LogP contribution in [0.3, 0.4) is 0 Å². The summed E-state index contributed by atoms with van der Waals surface area (Å²) in [7, 11) is -3.44. The molecule has 6 heteroatoms. The van der Waals surface area contributed by atoms with Gasteiger partial charge in [0, 0.05) is 11.6 Å². The minimum Gasteiger partial charge on any atom is -0.213 e. The normalized spacial score (nSPS) is 13.9. The monoisotopic (exact) mass is 235 g/mol. The number of nitrogens with one attached hydrogen (secondary N) is 1. The third-order valence-electron chi connectivity index (χ3n) is 1.82. The van der Waals surface area contributed by atoms with Gasteiger partial charge in [0.25, 0.3) is 0 Å². The van der Waals surface area contributed by atoms with E-state index in [1.165, 1.54) is 6.92 Å². The van der Waals surface area contributed by atoms with Crippen LogP contribution in [0.15, 0.2) is 18.2 Å². The summed E-state index contributed by atoms with van der Waals surface area (Å²) in [6.07, 6.45) is 0.959. The van der Waals surface area contributed by atoms with Crippen LogP contribution in [0.5, 0.6) is 0 Å². The molecule has 0 aliphatic rings. The van der Waals surface area contributed by atoms with Crippen LogP contribution in [0.1, 0.15) is 18.5 Å². The van der Waals surface area contributed by atoms with Crippen molar-refractivity contribution in [2.75, 3.05) is 6.26 Å². The van der Waals surface area contributed by atoms with E-state index in [0.717, 1.165) is 24.5 Å². The third kappa shape index (κ3) is 3.56. The minimum absolute atomic E-state index is 0.0135. The van der Waals surface area contributed by atoms with Gasteiger partial charge in [-0.15, -0.1) is 0 Å². The molecule has 0 fully saturated rings. The molecule has 0 aromatic heterocycles. The van der Waals surface area contributed by atoms with E-state index >= 15 is 0 Å². The number of hydrogen-bond acceptors (Lipinski definition) is 2. The van der Waals surface area contributed by atoms with E-state index in [-0.39, 0.29) is 5.56 Å². The Bertz CT molecular complexity index is 459. The van der Waals surface area contributed by atoms with Crippen LogP contribution >= 0.6 is 0 Å². The Kier molecular flexibility index (Phi) is 3.41. The standard InChI is InChI=1S/C9H11F2NO2S/c1-6(12-15(2,13)14)8-5-7(10)3-4-9(8)11/h3-6,12H,1-2H3/t6-/m0/s1. The van der Waals surface area contributed by atoms with Crippen LogP contribution in [0.2, 0.25) is 0 Å². The van der Waals surface area contributed by atoms with Gasteiger partial charge in [-0.05, 0) is 25.1 Å². The van der Waals surface area contributed by atoms with Gasteiger partial charge in [0.2, 0.25) is 10.0 Å². The summed E-state index contributed by atoms with van der Waals surface area (Å²) in [5.41, 5.74) is -0.0135. The van der Waals surface area contributed by atoms with E-state index in [4.69, 9.17) is 0 Å². The molecule has 84 valence electrons. The molecule has 3 nitrogen and oxygen atoms in total. The van der Waals surface area contributed by atoms with E-state index in [2.05, 4.69) is 4.72 Å². The summed E-state index contributed by atoms with van der Waals surface area (Å²) in [6, 6.07) is 2.12. The van der Waals surface area contributed by atoms with Crippen molar-refractivity contribution in [1.82, 2.24) is 4.72 Å². The maximum Gasteiger partial charge on any atom is 0.209 e. The second-order valence-corrected chi connectivity index (χ2v) is 5.06. The van der Waals surface area contributed by atoms with Gasteiger partial charge in [-0.2, -0.15) is 0 Å². The van der Waals surface area contributed by atoms with Crippen molar-refractivity contribution < 1.29 is 17.2 Å². The van der Waals surface area contributed by atoms with Crippen molar-refractivity contribution in [3.63, 3.8) is 0 Å². The lowest BCUT2D eigenvalue weighted by molar-refractivity contribution is 0.544. The van der Waals surface area contributed by atoms with Crippen LogP contribution in [0.25, 0.3) is 0 Å². The predicted molar refractivity (Wildman–Crippen MR) is 52.8 cm³/mol. The van der Waals surface area contributed by atoms with Crippen LogP contribution in [-0.2, 0) is 10.0 Å². The van der Waals surface area contributed by atoms with Gasteiger partial charge in [0.15, 0.2) is 0 Å². The fraction of sp³-hybridized carbons (Fsp3) is 0.333. The summed E-state index contributed by atoms with van der Waals surface area (Å²) in [5, 5.41) is 0. The van der Waals surface area contributed by atoms with E-state index in [0.29, 0.717) is 0 Å². The van der Waals surface area contributed by atoms with Gasteiger partial charge >= 0.3 is 0 Å². The number of sulfonamides is 1. The van der Waals surface area contributed by atoms with Crippen molar-refractivity contribution in [3.05, 3.63) is 35.4 Å². The fourth-order valence-corrected chi connectivity index (χ4v) is 2.00. The first kappa shape index (κ1) is 12.1. The molecule has 1 rings (SSSR count). The molecule has 0 heterocycles. The maximum absolute atomic E-state index is 13.2. The SMILES string of the molecule is C[C@H](NS(C)(=O)=O)c1cc(F)ccc1F. The summed E-state index contributed by atoms with van der Waals surface area (Å²) >= 11 is 0. The molecular weight excluding hydrogens is 224 g/mol. The lowest BCUT2D eigenvalue weighted by Gasteiger charge is -2.13. The molecule has 0 aliphatic heterocycles. The lowest BCUT2D eigenvalue weighted by Crippen LogP contribution is -2.26. The number of benzene rings is 1. The van der Waals surface area contributed by atoms with Crippen LogP contribution in [0, 0.1) is 11.6 Å². The van der Waals surface area contributed by atoms with Crippen molar-refractivity contribution in [1.29, 1.82) is 0 Å². The molecule has 15 heavy (non-hydrogen) atoms. The van der Waals surface area contributed by atoms with Crippen molar-refractivity contribution in [2.45, 2.75) is 13.0 Å². The average Bonchev–Trinajstić information content (AvgIpc) is 2.06. The Morgan fingerprint density at radius 1 is 1.33 bits per heavy atom. The highest BCUT2D eigenvalue weighted by molar-refractivity contribution is 7.88. The van der Waals surface area contributed by atoms with Crippen LogP contribution in [0.4, 0.5) is 8.78 Å². The molecule has 0 saturated heterocycles. The molecule has 0 saturated carbocycles. The van der Waals surface area contributed by atoms with E-state index < -0.39 is 27.7 Å². The Balaban J connectivity index is 3.00. The highest BCUT2D eigenvalue weighted by Gasteiger charge is 2.15. The molecule has 0 radical (unpaired) electrons. The topological polar surface area (TPSA) is 46.2 Å². The zero-order valence-electron chi connectivity index (χ0n) is 8.29. The molecule has 0 bridgehead atoms. The van der Waals surface area contributed by atoms with Crippen molar-refractivity contribution in [2.24, 2.45) is 0 Å².